The number of fused-ring (bicyclic) bond motifs is 1. The fourth-order valence-electron chi connectivity index (χ4n) is 4.57. The predicted octanol–water partition coefficient (Wildman–Crippen LogP) is 3.16. The number of nitrogens with zero attached hydrogens (tertiary/aromatic N) is 2. The fourth-order valence-corrected chi connectivity index (χ4v) is 6.09. The Bertz CT molecular complexity index is 1160. The molecule has 0 bridgehead atoms. The molecule has 0 spiro atoms. The fraction of sp³-hybridized carbons (Fsp3) is 0.391. The molecule has 4 rings (SSSR count). The van der Waals surface area contributed by atoms with Gasteiger partial charge in [-0.1, -0.05) is 6.07 Å². The van der Waals surface area contributed by atoms with Crippen LogP contribution in [0.5, 0.6) is 0 Å². The maximum absolute atomic E-state index is 13.3. The highest BCUT2D eigenvalue weighted by molar-refractivity contribution is 7.89. The Balaban J connectivity index is 1.43. The van der Waals surface area contributed by atoms with Gasteiger partial charge in [-0.2, -0.15) is 4.31 Å². The molecule has 0 radical (unpaired) electrons. The first-order valence-corrected chi connectivity index (χ1v) is 12.1. The highest BCUT2D eigenvalue weighted by Crippen LogP contribution is 2.35. The maximum Gasteiger partial charge on any atom is 0.243 e. The Morgan fingerprint density at radius 1 is 1.09 bits per heavy atom. The van der Waals surface area contributed by atoms with E-state index < -0.39 is 15.8 Å². The second-order valence-electron chi connectivity index (χ2n) is 8.41. The highest BCUT2D eigenvalue weighted by atomic mass is 32.2. The van der Waals surface area contributed by atoms with Crippen molar-refractivity contribution in [1.29, 1.82) is 0 Å². The van der Waals surface area contributed by atoms with E-state index in [0.29, 0.717) is 24.9 Å². The second kappa shape index (κ2) is 8.63. The molecule has 2 aliphatic rings. The van der Waals surface area contributed by atoms with Crippen molar-refractivity contribution in [3.8, 4) is 0 Å². The number of hydrogen-bond acceptors (Lipinski definition) is 4. The molecule has 1 fully saturated rings. The van der Waals surface area contributed by atoms with Gasteiger partial charge in [0.25, 0.3) is 0 Å². The van der Waals surface area contributed by atoms with Crippen molar-refractivity contribution in [2.75, 3.05) is 23.3 Å². The summed E-state index contributed by atoms with van der Waals surface area (Å²) in [6.45, 7) is 3.91. The molecule has 32 heavy (non-hydrogen) atoms. The third-order valence-electron chi connectivity index (χ3n) is 6.16. The number of piperidine rings is 1. The summed E-state index contributed by atoms with van der Waals surface area (Å²) in [7, 11) is -3.70. The van der Waals surface area contributed by atoms with Gasteiger partial charge in [-0.05, 0) is 68.1 Å². The molecule has 1 N–H and O–H groups in total. The first-order valence-electron chi connectivity index (χ1n) is 10.7. The number of halogens is 1. The van der Waals surface area contributed by atoms with E-state index in [2.05, 4.69) is 5.32 Å². The SMILES string of the molecule is CC(=O)N1c2ccc(S(=O)(=O)N3CCC(C(=O)Nc4cccc(F)c4)CC3)cc2C[C@H]1C. The van der Waals surface area contributed by atoms with E-state index in [1.807, 2.05) is 6.92 Å². The molecule has 2 aliphatic heterocycles. The van der Waals surface area contributed by atoms with Crippen molar-refractivity contribution in [2.24, 2.45) is 5.92 Å². The molecule has 0 unspecified atom stereocenters. The summed E-state index contributed by atoms with van der Waals surface area (Å²) < 4.78 is 41.1. The van der Waals surface area contributed by atoms with E-state index in [1.54, 1.807) is 29.2 Å². The quantitative estimate of drug-likeness (QED) is 0.761. The number of nitrogens with one attached hydrogen (secondary N) is 1. The van der Waals surface area contributed by atoms with Gasteiger partial charge < -0.3 is 10.2 Å². The summed E-state index contributed by atoms with van der Waals surface area (Å²) in [5.41, 5.74) is 1.99. The van der Waals surface area contributed by atoms with Crippen LogP contribution in [-0.2, 0) is 26.0 Å². The van der Waals surface area contributed by atoms with Crippen LogP contribution in [-0.4, -0.2) is 43.7 Å². The lowest BCUT2D eigenvalue weighted by Gasteiger charge is -2.30. The minimum Gasteiger partial charge on any atom is -0.326 e. The van der Waals surface area contributed by atoms with Crippen molar-refractivity contribution in [3.05, 3.63) is 53.8 Å². The van der Waals surface area contributed by atoms with Crippen LogP contribution in [0.15, 0.2) is 47.4 Å². The van der Waals surface area contributed by atoms with Crippen LogP contribution in [0.3, 0.4) is 0 Å². The van der Waals surface area contributed by atoms with E-state index in [0.717, 1.165) is 11.3 Å². The van der Waals surface area contributed by atoms with Crippen LogP contribution < -0.4 is 10.2 Å². The Morgan fingerprint density at radius 2 is 1.81 bits per heavy atom. The van der Waals surface area contributed by atoms with Crippen molar-refractivity contribution >= 4 is 33.2 Å². The number of rotatable bonds is 4. The average Bonchev–Trinajstić information content (AvgIpc) is 3.09. The van der Waals surface area contributed by atoms with Gasteiger partial charge in [-0.25, -0.2) is 12.8 Å². The summed E-state index contributed by atoms with van der Waals surface area (Å²) in [6.07, 6.45) is 1.39. The van der Waals surface area contributed by atoms with Gasteiger partial charge in [0.2, 0.25) is 21.8 Å². The van der Waals surface area contributed by atoms with Crippen LogP contribution >= 0.6 is 0 Å². The van der Waals surface area contributed by atoms with Crippen LogP contribution in [0.4, 0.5) is 15.8 Å². The van der Waals surface area contributed by atoms with Crippen molar-refractivity contribution in [3.63, 3.8) is 0 Å². The van der Waals surface area contributed by atoms with E-state index >= 15 is 0 Å². The van der Waals surface area contributed by atoms with Gasteiger partial charge in [-0.15, -0.1) is 0 Å². The predicted molar refractivity (Wildman–Crippen MR) is 119 cm³/mol. The summed E-state index contributed by atoms with van der Waals surface area (Å²) in [5, 5.41) is 2.70. The van der Waals surface area contributed by atoms with E-state index in [4.69, 9.17) is 0 Å². The largest absolute Gasteiger partial charge is 0.326 e. The molecule has 7 nitrogen and oxygen atoms in total. The monoisotopic (exact) mass is 459 g/mol. The molecule has 2 aromatic carbocycles. The standard InChI is InChI=1S/C23H26FN3O4S/c1-15-12-18-13-21(6-7-22(18)27(15)16(2)28)32(30,31)26-10-8-17(9-11-26)23(29)25-20-5-3-4-19(24)14-20/h3-7,13-15,17H,8-12H2,1-2H3,(H,25,29)/t15-/m1/s1. The highest BCUT2D eigenvalue weighted by Gasteiger charge is 2.34. The lowest BCUT2D eigenvalue weighted by molar-refractivity contribution is -0.121. The van der Waals surface area contributed by atoms with Gasteiger partial charge in [0.1, 0.15) is 5.82 Å². The van der Waals surface area contributed by atoms with Gasteiger partial charge >= 0.3 is 0 Å². The molecule has 9 heteroatoms. The zero-order chi connectivity index (χ0) is 23.0. The van der Waals surface area contributed by atoms with E-state index in [1.165, 1.54) is 29.4 Å². The topological polar surface area (TPSA) is 86.8 Å². The molecule has 2 amide bonds. The lowest BCUT2D eigenvalue weighted by atomic mass is 9.97. The molecule has 0 aromatic heterocycles. The molecule has 1 atom stereocenters. The zero-order valence-electron chi connectivity index (χ0n) is 18.0. The lowest BCUT2D eigenvalue weighted by Crippen LogP contribution is -2.41. The number of sulfonamides is 1. The van der Waals surface area contributed by atoms with Crippen LogP contribution in [0.1, 0.15) is 32.3 Å². The van der Waals surface area contributed by atoms with Gasteiger partial charge in [0, 0.05) is 43.3 Å². The number of carbonyl (C=O) groups excluding carboxylic acids is 2. The van der Waals surface area contributed by atoms with Crippen molar-refractivity contribution in [1.82, 2.24) is 4.31 Å². The molecule has 0 aliphatic carbocycles. The van der Waals surface area contributed by atoms with Gasteiger partial charge in [0.05, 0.1) is 4.90 Å². The van der Waals surface area contributed by atoms with Crippen LogP contribution in [0.25, 0.3) is 0 Å². The number of anilines is 2. The first kappa shape index (κ1) is 22.4. The zero-order valence-corrected chi connectivity index (χ0v) is 18.9. The summed E-state index contributed by atoms with van der Waals surface area (Å²) in [5.74, 6) is -1.07. The van der Waals surface area contributed by atoms with Crippen molar-refractivity contribution in [2.45, 2.75) is 44.0 Å². The van der Waals surface area contributed by atoms with Crippen molar-refractivity contribution < 1.29 is 22.4 Å². The third kappa shape index (κ3) is 4.27. The molecular weight excluding hydrogens is 433 g/mol. The number of amides is 2. The van der Waals surface area contributed by atoms with Crippen LogP contribution in [0.2, 0.25) is 0 Å². The minimum absolute atomic E-state index is 0.00667. The third-order valence-corrected chi connectivity index (χ3v) is 8.06. The number of hydrogen-bond donors (Lipinski definition) is 1. The Kier molecular flexibility index (Phi) is 6.05. The Labute approximate surface area is 187 Å². The summed E-state index contributed by atoms with van der Waals surface area (Å²) in [4.78, 5) is 26.3. The average molecular weight is 460 g/mol. The summed E-state index contributed by atoms with van der Waals surface area (Å²) >= 11 is 0. The maximum atomic E-state index is 13.3. The van der Waals surface area contributed by atoms with Gasteiger partial charge in [-0.3, -0.25) is 9.59 Å². The first-order chi connectivity index (χ1) is 15.2. The molecule has 2 aromatic rings. The molecule has 0 saturated carbocycles. The summed E-state index contributed by atoms with van der Waals surface area (Å²) in [6, 6.07) is 10.6. The smallest absolute Gasteiger partial charge is 0.243 e. The van der Waals surface area contributed by atoms with Crippen LogP contribution in [0, 0.1) is 11.7 Å². The Hall–Kier alpha value is -2.78. The Morgan fingerprint density at radius 3 is 2.47 bits per heavy atom. The molecule has 2 heterocycles. The normalized spacial score (nSPS) is 19.6. The molecular formula is C23H26FN3O4S. The van der Waals surface area contributed by atoms with E-state index in [-0.39, 0.29) is 41.8 Å². The minimum atomic E-state index is -3.70. The van der Waals surface area contributed by atoms with Gasteiger partial charge in [0.15, 0.2) is 0 Å². The number of carbonyl (C=O) groups is 2. The van der Waals surface area contributed by atoms with E-state index in [9.17, 15) is 22.4 Å². The molecule has 170 valence electrons. The second-order valence-corrected chi connectivity index (χ2v) is 10.3. The number of benzene rings is 2. The molecule has 1 saturated heterocycles.